The Labute approximate surface area is 149 Å². The molecule has 1 aromatic heterocycles. The molecule has 26 heavy (non-hydrogen) atoms. The molecule has 5 N–H and O–H groups in total. The molecule has 3 rings (SSSR count). The molecule has 0 unspecified atom stereocenters. The fourth-order valence-corrected chi connectivity index (χ4v) is 2.86. The predicted molar refractivity (Wildman–Crippen MR) is 90.4 cm³/mol. The number of para-hydroxylation sites is 1. The summed E-state index contributed by atoms with van der Waals surface area (Å²) in [6.07, 6.45) is 1.72. The van der Waals surface area contributed by atoms with Gasteiger partial charge in [-0.05, 0) is 18.1 Å². The van der Waals surface area contributed by atoms with Crippen LogP contribution in [0.5, 0.6) is 5.75 Å². The number of hydrogen-bond donors (Lipinski definition) is 4. The van der Waals surface area contributed by atoms with Gasteiger partial charge in [0.05, 0.1) is 17.9 Å². The summed E-state index contributed by atoms with van der Waals surface area (Å²) < 4.78 is 7.03. The van der Waals surface area contributed by atoms with Crippen LogP contribution in [0, 0.1) is 0 Å². The molecule has 10 nitrogen and oxygen atoms in total. The molecule has 1 amide bonds. The van der Waals surface area contributed by atoms with Crippen molar-refractivity contribution in [3.05, 3.63) is 41.5 Å². The van der Waals surface area contributed by atoms with Crippen molar-refractivity contribution >= 4 is 19.0 Å². The smallest absolute Gasteiger partial charge is 0.534 e. The number of carbonyl (C=O) groups excluding carboxylic acids is 1. The number of carboxylic acids is 1. The van der Waals surface area contributed by atoms with Gasteiger partial charge in [0.25, 0.3) is 0 Å². The quantitative estimate of drug-likeness (QED) is 0.460. The van der Waals surface area contributed by atoms with Gasteiger partial charge in [0.15, 0.2) is 0 Å². The van der Waals surface area contributed by atoms with Gasteiger partial charge in [-0.25, -0.2) is 4.79 Å². The summed E-state index contributed by atoms with van der Waals surface area (Å²) in [6.45, 7) is 0.890. The number of carboxylic acid groups (broad SMARTS) is 1. The second kappa shape index (κ2) is 7.54. The molecule has 2 aromatic rings. The van der Waals surface area contributed by atoms with Gasteiger partial charge >= 0.3 is 13.1 Å². The summed E-state index contributed by atoms with van der Waals surface area (Å²) in [5.41, 5.74) is 6.07. The van der Waals surface area contributed by atoms with Crippen molar-refractivity contribution in [2.75, 3.05) is 6.54 Å². The van der Waals surface area contributed by atoms with Crippen LogP contribution in [-0.2, 0) is 24.2 Å². The molecule has 0 bridgehead atoms. The number of nitrogens with two attached hydrogens (primary N) is 1. The van der Waals surface area contributed by atoms with Crippen molar-refractivity contribution in [2.45, 2.75) is 25.3 Å². The monoisotopic (exact) mass is 359 g/mol. The Kier molecular flexibility index (Phi) is 5.19. The van der Waals surface area contributed by atoms with Crippen molar-refractivity contribution < 1.29 is 24.4 Å². The Morgan fingerprint density at radius 1 is 1.46 bits per heavy atom. The zero-order valence-electron chi connectivity index (χ0n) is 13.8. The molecule has 1 atom stereocenters. The minimum atomic E-state index is -1.35. The maximum absolute atomic E-state index is 12.3. The number of fused-ring (bicyclic) bond motifs is 1. The Bertz CT molecular complexity index is 827. The van der Waals surface area contributed by atoms with Gasteiger partial charge in [0.1, 0.15) is 17.9 Å². The van der Waals surface area contributed by atoms with Crippen LogP contribution < -0.4 is 15.7 Å². The summed E-state index contributed by atoms with van der Waals surface area (Å²) in [5.74, 6) is -1.61. The van der Waals surface area contributed by atoms with E-state index in [2.05, 4.69) is 15.5 Å². The predicted octanol–water partition coefficient (Wildman–Crippen LogP) is -1.38. The van der Waals surface area contributed by atoms with Crippen LogP contribution in [0.4, 0.5) is 0 Å². The first-order valence-corrected chi connectivity index (χ1v) is 8.05. The second-order valence-electron chi connectivity index (χ2n) is 5.89. The van der Waals surface area contributed by atoms with Gasteiger partial charge in [-0.2, -0.15) is 0 Å². The maximum atomic E-state index is 12.3. The lowest BCUT2D eigenvalue weighted by molar-refractivity contribution is -0.121. The maximum Gasteiger partial charge on any atom is 0.547 e. The molecular weight excluding hydrogens is 341 g/mol. The molecule has 0 saturated carbocycles. The van der Waals surface area contributed by atoms with E-state index in [1.165, 1.54) is 12.4 Å². The Balaban J connectivity index is 1.69. The standard InChI is InChI=1S/C15H18BN5O5/c17-4-5-21-8-18-20-12(21)7-13(22)19-11-6-9-2-1-3-10(15(23)24)14(9)26-16(11)25/h1-3,8,11,25H,4-7,17H2,(H,19,22)(H,23,24)/t11-/m0/s1. The molecule has 11 heteroatoms. The third-order valence-electron chi connectivity index (χ3n) is 4.08. The SMILES string of the molecule is NCCn1cnnc1CC(=O)N[C@H]1Cc2cccc(C(=O)O)c2OB1O. The minimum Gasteiger partial charge on any atom is -0.534 e. The molecule has 0 radical (unpaired) electrons. The van der Waals surface area contributed by atoms with E-state index in [0.717, 1.165) is 0 Å². The van der Waals surface area contributed by atoms with Crippen molar-refractivity contribution in [2.24, 2.45) is 5.73 Å². The van der Waals surface area contributed by atoms with Crippen molar-refractivity contribution in [3.8, 4) is 5.75 Å². The molecule has 136 valence electrons. The van der Waals surface area contributed by atoms with Gasteiger partial charge < -0.3 is 30.4 Å². The number of carbonyl (C=O) groups is 2. The van der Waals surface area contributed by atoms with Crippen molar-refractivity contribution in [1.82, 2.24) is 20.1 Å². The highest BCUT2D eigenvalue weighted by Crippen LogP contribution is 2.30. The zero-order chi connectivity index (χ0) is 18.7. The van der Waals surface area contributed by atoms with Crippen LogP contribution >= 0.6 is 0 Å². The molecule has 0 saturated heterocycles. The summed E-state index contributed by atoms with van der Waals surface area (Å²) in [4.78, 5) is 23.5. The average molecular weight is 359 g/mol. The number of aromatic carboxylic acids is 1. The first kappa shape index (κ1) is 17.9. The van der Waals surface area contributed by atoms with Crippen molar-refractivity contribution in [1.29, 1.82) is 0 Å². The molecule has 0 spiro atoms. The van der Waals surface area contributed by atoms with E-state index in [9.17, 15) is 19.7 Å². The number of rotatable bonds is 6. The van der Waals surface area contributed by atoms with E-state index in [1.54, 1.807) is 16.7 Å². The highest BCUT2D eigenvalue weighted by Gasteiger charge is 2.37. The Morgan fingerprint density at radius 3 is 3.00 bits per heavy atom. The third-order valence-corrected chi connectivity index (χ3v) is 4.08. The van der Waals surface area contributed by atoms with E-state index in [1.807, 2.05) is 0 Å². The van der Waals surface area contributed by atoms with Gasteiger partial charge in [-0.15, -0.1) is 10.2 Å². The first-order valence-electron chi connectivity index (χ1n) is 8.05. The number of nitrogens with one attached hydrogen (secondary N) is 1. The van der Waals surface area contributed by atoms with Gasteiger partial charge in [-0.3, -0.25) is 4.79 Å². The highest BCUT2D eigenvalue weighted by molar-refractivity contribution is 6.47. The van der Waals surface area contributed by atoms with Crippen LogP contribution in [0.1, 0.15) is 21.7 Å². The van der Waals surface area contributed by atoms with Crippen LogP contribution in [0.3, 0.4) is 0 Å². The summed E-state index contributed by atoms with van der Waals surface area (Å²) in [5, 5.41) is 29.7. The molecule has 1 aromatic carbocycles. The van der Waals surface area contributed by atoms with E-state index in [4.69, 9.17) is 10.4 Å². The van der Waals surface area contributed by atoms with Gasteiger partial charge in [-0.1, -0.05) is 12.1 Å². The second-order valence-corrected chi connectivity index (χ2v) is 5.89. The topological polar surface area (TPSA) is 153 Å². The lowest BCUT2D eigenvalue weighted by Gasteiger charge is -2.28. The normalized spacial score (nSPS) is 15.9. The molecule has 2 heterocycles. The van der Waals surface area contributed by atoms with Gasteiger partial charge in [0.2, 0.25) is 5.91 Å². The number of nitrogens with zero attached hydrogens (tertiary/aromatic N) is 3. The Morgan fingerprint density at radius 2 is 2.27 bits per heavy atom. The van der Waals surface area contributed by atoms with Crippen LogP contribution in [0.2, 0.25) is 0 Å². The molecule has 1 aliphatic rings. The van der Waals surface area contributed by atoms with Crippen LogP contribution in [-0.4, -0.2) is 56.4 Å². The first-order chi connectivity index (χ1) is 12.5. The molecular formula is C15H18BN5O5. The average Bonchev–Trinajstić information content (AvgIpc) is 3.02. The molecule has 0 fully saturated rings. The lowest BCUT2D eigenvalue weighted by Crippen LogP contribution is -2.53. The van der Waals surface area contributed by atoms with E-state index in [0.29, 0.717) is 24.5 Å². The largest absolute Gasteiger partial charge is 0.547 e. The van der Waals surface area contributed by atoms with Crippen LogP contribution in [0.15, 0.2) is 24.5 Å². The van der Waals surface area contributed by atoms with E-state index < -0.39 is 19.0 Å². The Hall–Kier alpha value is -2.92. The van der Waals surface area contributed by atoms with E-state index in [-0.39, 0.29) is 30.1 Å². The highest BCUT2D eigenvalue weighted by atomic mass is 16.5. The molecule has 1 aliphatic heterocycles. The van der Waals surface area contributed by atoms with Crippen molar-refractivity contribution in [3.63, 3.8) is 0 Å². The van der Waals surface area contributed by atoms with E-state index >= 15 is 0 Å². The van der Waals surface area contributed by atoms with Crippen LogP contribution in [0.25, 0.3) is 0 Å². The lowest BCUT2D eigenvalue weighted by atomic mass is 9.72. The number of benzene rings is 1. The van der Waals surface area contributed by atoms with Gasteiger partial charge in [0, 0.05) is 13.1 Å². The summed E-state index contributed by atoms with van der Waals surface area (Å²) >= 11 is 0. The summed E-state index contributed by atoms with van der Waals surface area (Å²) in [7, 11) is -1.35. The number of amides is 1. The third kappa shape index (κ3) is 3.68. The zero-order valence-corrected chi connectivity index (χ0v) is 13.8. The minimum absolute atomic E-state index is 0.0226. The summed E-state index contributed by atoms with van der Waals surface area (Å²) in [6, 6.07) is 4.69. The fraction of sp³-hybridized carbons (Fsp3) is 0.333. The number of hydrogen-bond acceptors (Lipinski definition) is 7. The molecule has 0 aliphatic carbocycles. The fourth-order valence-electron chi connectivity index (χ4n) is 2.86. The number of aromatic nitrogens is 3.